The predicted octanol–water partition coefficient (Wildman–Crippen LogP) is 3.58. The van der Waals surface area contributed by atoms with Gasteiger partial charge in [-0.15, -0.1) is 11.8 Å². The maximum absolute atomic E-state index is 13.4. The lowest BCUT2D eigenvalue weighted by atomic mass is 10.0. The molecule has 4 rings (SSSR count). The van der Waals surface area contributed by atoms with Crippen LogP contribution in [0.3, 0.4) is 0 Å². The molecule has 2 atom stereocenters. The molecule has 0 aromatic heterocycles. The first-order valence-corrected chi connectivity index (χ1v) is 12.2. The van der Waals surface area contributed by atoms with Crippen molar-refractivity contribution in [3.63, 3.8) is 0 Å². The van der Waals surface area contributed by atoms with Crippen LogP contribution in [0.25, 0.3) is 0 Å². The number of carbonyl (C=O) groups excluding carboxylic acids is 4. The number of hydrogen-bond acceptors (Lipinski definition) is 7. The molecule has 2 aromatic rings. The zero-order valence-corrected chi connectivity index (χ0v) is 20.4. The number of alkyl carbamates (subject to hydrolysis) is 1. The van der Waals surface area contributed by atoms with Crippen molar-refractivity contribution >= 4 is 36.0 Å². The van der Waals surface area contributed by atoms with Crippen LogP contribution in [0.4, 0.5) is 4.79 Å². The monoisotopic (exact) mass is 494 g/mol. The SMILES string of the molecule is CC(C)(C)OC(=O)N[C@@H]1C(=O)N2C(C(=O)OC(c3ccccc3)c3ccccc3)=C(C=O)CSC12. The Hall–Kier alpha value is -3.59. The molecule has 2 aromatic carbocycles. The van der Waals surface area contributed by atoms with Gasteiger partial charge in [-0.25, -0.2) is 9.59 Å². The maximum Gasteiger partial charge on any atom is 0.408 e. The van der Waals surface area contributed by atoms with E-state index in [4.69, 9.17) is 9.47 Å². The van der Waals surface area contributed by atoms with E-state index in [0.717, 1.165) is 11.1 Å². The van der Waals surface area contributed by atoms with Crippen molar-refractivity contribution in [3.05, 3.63) is 83.1 Å². The summed E-state index contributed by atoms with van der Waals surface area (Å²) in [6.07, 6.45) is -0.883. The van der Waals surface area contributed by atoms with E-state index in [-0.39, 0.29) is 17.0 Å². The third-order valence-electron chi connectivity index (χ3n) is 5.44. The Morgan fingerprint density at radius 1 is 1.06 bits per heavy atom. The number of carbonyl (C=O) groups is 4. The lowest BCUT2D eigenvalue weighted by molar-refractivity contribution is -0.153. The molecule has 2 aliphatic heterocycles. The van der Waals surface area contributed by atoms with E-state index in [2.05, 4.69) is 5.32 Å². The fraction of sp³-hybridized carbons (Fsp3) is 0.308. The van der Waals surface area contributed by atoms with Gasteiger partial charge in [-0.3, -0.25) is 14.5 Å². The fourth-order valence-electron chi connectivity index (χ4n) is 3.90. The van der Waals surface area contributed by atoms with Gasteiger partial charge in [-0.2, -0.15) is 0 Å². The summed E-state index contributed by atoms with van der Waals surface area (Å²) in [7, 11) is 0. The van der Waals surface area contributed by atoms with Crippen molar-refractivity contribution in [1.29, 1.82) is 0 Å². The molecule has 0 aliphatic carbocycles. The van der Waals surface area contributed by atoms with Gasteiger partial charge in [0.2, 0.25) is 0 Å². The average Bonchev–Trinajstić information content (AvgIpc) is 2.84. The first-order chi connectivity index (χ1) is 16.7. The van der Waals surface area contributed by atoms with Crippen LogP contribution in [0.1, 0.15) is 38.0 Å². The van der Waals surface area contributed by atoms with E-state index in [1.54, 1.807) is 20.8 Å². The van der Waals surface area contributed by atoms with Crippen molar-refractivity contribution < 1.29 is 28.7 Å². The van der Waals surface area contributed by atoms with Gasteiger partial charge in [0.15, 0.2) is 6.10 Å². The number of β-lactam (4-membered cyclic amide) rings is 1. The third-order valence-corrected chi connectivity index (χ3v) is 6.74. The van der Waals surface area contributed by atoms with Crippen LogP contribution in [0.5, 0.6) is 0 Å². The Morgan fingerprint density at radius 3 is 2.14 bits per heavy atom. The van der Waals surface area contributed by atoms with Gasteiger partial charge < -0.3 is 14.8 Å². The number of thioether (sulfide) groups is 1. The predicted molar refractivity (Wildman–Crippen MR) is 130 cm³/mol. The van der Waals surface area contributed by atoms with E-state index >= 15 is 0 Å². The maximum atomic E-state index is 13.4. The van der Waals surface area contributed by atoms with Crippen molar-refractivity contribution in [2.75, 3.05) is 5.75 Å². The van der Waals surface area contributed by atoms with Gasteiger partial charge >= 0.3 is 12.1 Å². The van der Waals surface area contributed by atoms with Gasteiger partial charge in [0.1, 0.15) is 29.0 Å². The molecule has 2 aliphatic rings. The number of ether oxygens (including phenoxy) is 2. The van der Waals surface area contributed by atoms with Gasteiger partial charge in [0.25, 0.3) is 5.91 Å². The molecule has 2 amide bonds. The molecule has 0 radical (unpaired) electrons. The molecule has 1 N–H and O–H groups in total. The lowest BCUT2D eigenvalue weighted by Crippen LogP contribution is -2.70. The van der Waals surface area contributed by atoms with Gasteiger partial charge in [0, 0.05) is 11.3 Å². The van der Waals surface area contributed by atoms with Crippen molar-refractivity contribution in [3.8, 4) is 0 Å². The molecule has 9 heteroatoms. The first-order valence-electron chi connectivity index (χ1n) is 11.1. The Bertz CT molecular complexity index is 1120. The molecular weight excluding hydrogens is 468 g/mol. The summed E-state index contributed by atoms with van der Waals surface area (Å²) in [6.45, 7) is 5.17. The van der Waals surface area contributed by atoms with Crippen molar-refractivity contribution in [2.24, 2.45) is 0 Å². The zero-order valence-electron chi connectivity index (χ0n) is 19.6. The second kappa shape index (κ2) is 9.95. The highest BCUT2D eigenvalue weighted by molar-refractivity contribution is 8.00. The van der Waals surface area contributed by atoms with E-state index in [9.17, 15) is 19.2 Å². The highest BCUT2D eigenvalue weighted by Gasteiger charge is 2.55. The van der Waals surface area contributed by atoms with Gasteiger partial charge in [-0.05, 0) is 31.9 Å². The van der Waals surface area contributed by atoms with Crippen LogP contribution in [0.15, 0.2) is 71.9 Å². The first kappa shape index (κ1) is 24.5. The number of fused-ring (bicyclic) bond motifs is 1. The van der Waals surface area contributed by atoms with E-state index < -0.39 is 41.1 Å². The highest BCUT2D eigenvalue weighted by atomic mass is 32.2. The fourth-order valence-corrected chi connectivity index (χ4v) is 5.19. The second-order valence-electron chi connectivity index (χ2n) is 9.13. The smallest absolute Gasteiger partial charge is 0.408 e. The molecule has 0 spiro atoms. The third kappa shape index (κ3) is 5.24. The summed E-state index contributed by atoms with van der Waals surface area (Å²) >= 11 is 1.29. The summed E-state index contributed by atoms with van der Waals surface area (Å²) in [4.78, 5) is 51.6. The second-order valence-corrected chi connectivity index (χ2v) is 10.2. The number of benzene rings is 2. The van der Waals surface area contributed by atoms with E-state index in [0.29, 0.717) is 6.29 Å². The number of nitrogens with zero attached hydrogens (tertiary/aromatic N) is 1. The minimum Gasteiger partial charge on any atom is -0.448 e. The quantitative estimate of drug-likeness (QED) is 0.372. The number of rotatable bonds is 6. The standard InChI is InChI=1S/C26H26N2O6S/c1-26(2,3)34-25(32)27-19-22(30)28-20(18(14-29)15-35-23(19)28)24(31)33-21(16-10-6-4-7-11-16)17-12-8-5-9-13-17/h4-14,19,21,23H,15H2,1-3H3,(H,27,32)/t19-,23?/m1/s1. The lowest BCUT2D eigenvalue weighted by Gasteiger charge is -2.49. The number of amides is 2. The normalized spacial score (nSPS) is 19.5. The molecule has 8 nitrogen and oxygen atoms in total. The summed E-state index contributed by atoms with van der Waals surface area (Å²) in [6, 6.07) is 17.6. The molecule has 2 heterocycles. The Balaban J connectivity index is 1.57. The number of aldehydes is 1. The van der Waals surface area contributed by atoms with E-state index in [1.807, 2.05) is 60.7 Å². The van der Waals surface area contributed by atoms with Crippen LogP contribution in [-0.4, -0.2) is 51.9 Å². The molecule has 1 fully saturated rings. The molecule has 1 saturated heterocycles. The summed E-state index contributed by atoms with van der Waals surface area (Å²) in [5.74, 6) is -1.08. The summed E-state index contributed by atoms with van der Waals surface area (Å²) in [5.41, 5.74) is 0.857. The largest absolute Gasteiger partial charge is 0.448 e. The van der Waals surface area contributed by atoms with Crippen LogP contribution < -0.4 is 5.32 Å². The molecule has 182 valence electrons. The average molecular weight is 495 g/mol. The minimum atomic E-state index is -0.870. The Labute approximate surface area is 207 Å². The molecule has 1 unspecified atom stereocenters. The summed E-state index contributed by atoms with van der Waals surface area (Å²) in [5, 5.41) is 2.02. The summed E-state index contributed by atoms with van der Waals surface area (Å²) < 4.78 is 11.2. The Morgan fingerprint density at radius 2 is 1.63 bits per heavy atom. The van der Waals surface area contributed by atoms with Crippen LogP contribution in [-0.2, 0) is 23.9 Å². The van der Waals surface area contributed by atoms with Crippen molar-refractivity contribution in [2.45, 2.75) is 43.9 Å². The molecule has 35 heavy (non-hydrogen) atoms. The van der Waals surface area contributed by atoms with Gasteiger partial charge in [-0.1, -0.05) is 60.7 Å². The number of hydrogen-bond donors (Lipinski definition) is 1. The Kier molecular flexibility index (Phi) is 6.98. The van der Waals surface area contributed by atoms with Crippen LogP contribution >= 0.6 is 11.8 Å². The van der Waals surface area contributed by atoms with Gasteiger partial charge in [0.05, 0.1) is 0 Å². The van der Waals surface area contributed by atoms with Crippen molar-refractivity contribution in [1.82, 2.24) is 10.2 Å². The molecule has 0 bridgehead atoms. The van der Waals surface area contributed by atoms with Crippen LogP contribution in [0, 0.1) is 0 Å². The van der Waals surface area contributed by atoms with Crippen LogP contribution in [0.2, 0.25) is 0 Å². The molecular formula is C26H26N2O6S. The minimum absolute atomic E-state index is 0.0900. The number of nitrogens with one attached hydrogen (secondary N) is 1. The zero-order chi connectivity index (χ0) is 25.2. The topological polar surface area (TPSA) is 102 Å². The highest BCUT2D eigenvalue weighted by Crippen LogP contribution is 2.41. The number of esters is 1. The molecule has 0 saturated carbocycles. The van der Waals surface area contributed by atoms with E-state index in [1.165, 1.54) is 16.7 Å².